The van der Waals surface area contributed by atoms with E-state index in [0.29, 0.717) is 24.5 Å². The molecule has 0 spiro atoms. The number of benzene rings is 1. The molecule has 0 aliphatic carbocycles. The molecule has 1 aromatic rings. The first kappa shape index (κ1) is 16.7. The number of nitro groups is 1. The van der Waals surface area contributed by atoms with E-state index in [4.69, 9.17) is 0 Å². The number of anilines is 2. The number of rotatable bonds is 7. The van der Waals surface area contributed by atoms with Gasteiger partial charge in [0, 0.05) is 27.2 Å². The molecule has 0 fully saturated rings. The van der Waals surface area contributed by atoms with Crippen LogP contribution in [0.15, 0.2) is 18.2 Å². The zero-order valence-corrected chi connectivity index (χ0v) is 12.9. The Morgan fingerprint density at radius 3 is 2.43 bits per heavy atom. The molecular weight excluding hydrogens is 272 g/mol. The van der Waals surface area contributed by atoms with Crippen molar-refractivity contribution in [3.63, 3.8) is 0 Å². The van der Waals surface area contributed by atoms with Gasteiger partial charge in [-0.15, -0.1) is 0 Å². The van der Waals surface area contributed by atoms with Crippen LogP contribution in [0.2, 0.25) is 0 Å². The van der Waals surface area contributed by atoms with Crippen LogP contribution in [0.4, 0.5) is 17.1 Å². The molecule has 1 amide bonds. The summed E-state index contributed by atoms with van der Waals surface area (Å²) in [6.45, 7) is 5.18. The van der Waals surface area contributed by atoms with Gasteiger partial charge >= 0.3 is 5.69 Å². The minimum Gasteiger partial charge on any atom is -0.382 e. The molecule has 0 aliphatic heterocycles. The molecule has 21 heavy (non-hydrogen) atoms. The Bertz CT molecular complexity index is 515. The van der Waals surface area contributed by atoms with Crippen molar-refractivity contribution in [3.8, 4) is 0 Å². The smallest absolute Gasteiger partial charge is 0.315 e. The monoisotopic (exact) mass is 294 g/mol. The number of amides is 1. The molecule has 116 valence electrons. The Hall–Kier alpha value is -2.31. The van der Waals surface area contributed by atoms with Gasteiger partial charge in [0.15, 0.2) is 0 Å². The van der Waals surface area contributed by atoms with Gasteiger partial charge in [-0.2, -0.15) is 0 Å². The lowest BCUT2D eigenvalue weighted by Crippen LogP contribution is -2.39. The van der Waals surface area contributed by atoms with E-state index in [1.807, 2.05) is 13.8 Å². The average molecular weight is 294 g/mol. The maximum atomic E-state index is 12.1. The summed E-state index contributed by atoms with van der Waals surface area (Å²) in [7, 11) is 3.32. The van der Waals surface area contributed by atoms with Crippen molar-refractivity contribution in [2.24, 2.45) is 0 Å². The summed E-state index contributed by atoms with van der Waals surface area (Å²) in [4.78, 5) is 26.3. The molecular formula is C14H22N4O3. The second kappa shape index (κ2) is 7.47. The normalized spacial score (nSPS) is 10.1. The molecule has 1 aromatic carbocycles. The van der Waals surface area contributed by atoms with Crippen LogP contribution in [0.5, 0.6) is 0 Å². The van der Waals surface area contributed by atoms with Gasteiger partial charge in [0.05, 0.1) is 11.5 Å². The van der Waals surface area contributed by atoms with Crippen molar-refractivity contribution in [2.45, 2.75) is 13.8 Å². The van der Waals surface area contributed by atoms with Crippen LogP contribution in [0.25, 0.3) is 0 Å². The van der Waals surface area contributed by atoms with Crippen molar-refractivity contribution >= 4 is 23.0 Å². The molecule has 1 N–H and O–H groups in total. The molecule has 0 atom stereocenters. The number of para-hydroxylation sites is 1. The molecule has 0 unspecified atom stereocenters. The number of nitrogens with one attached hydrogen (secondary N) is 1. The fraction of sp³-hybridized carbons (Fsp3) is 0.500. The number of hydrogen-bond acceptors (Lipinski definition) is 5. The largest absolute Gasteiger partial charge is 0.382 e. The summed E-state index contributed by atoms with van der Waals surface area (Å²) in [5, 5.41) is 14.1. The molecule has 0 radical (unpaired) electrons. The van der Waals surface area contributed by atoms with Crippen LogP contribution in [0.1, 0.15) is 13.8 Å². The maximum absolute atomic E-state index is 12.1. The van der Waals surface area contributed by atoms with E-state index in [9.17, 15) is 14.9 Å². The molecule has 0 saturated carbocycles. The van der Waals surface area contributed by atoms with Gasteiger partial charge in [-0.25, -0.2) is 0 Å². The van der Waals surface area contributed by atoms with E-state index < -0.39 is 4.92 Å². The average Bonchev–Trinajstić information content (AvgIpc) is 2.47. The first-order chi connectivity index (χ1) is 9.96. The third kappa shape index (κ3) is 3.84. The van der Waals surface area contributed by atoms with Crippen LogP contribution in [-0.2, 0) is 4.79 Å². The minimum atomic E-state index is -0.431. The highest BCUT2D eigenvalue weighted by Gasteiger charge is 2.23. The van der Waals surface area contributed by atoms with Crippen LogP contribution in [0, 0.1) is 10.1 Å². The van der Waals surface area contributed by atoms with E-state index in [1.54, 1.807) is 42.1 Å². The summed E-state index contributed by atoms with van der Waals surface area (Å²) in [5.41, 5.74) is 0.835. The van der Waals surface area contributed by atoms with E-state index in [0.717, 1.165) is 0 Å². The van der Waals surface area contributed by atoms with Gasteiger partial charge in [0.2, 0.25) is 5.91 Å². The van der Waals surface area contributed by atoms with Crippen LogP contribution in [0.3, 0.4) is 0 Å². The van der Waals surface area contributed by atoms with Crippen molar-refractivity contribution in [2.75, 3.05) is 43.9 Å². The summed E-state index contributed by atoms with van der Waals surface area (Å²) < 4.78 is 0. The number of nitro benzene ring substituents is 1. The van der Waals surface area contributed by atoms with Crippen LogP contribution in [-0.4, -0.2) is 49.5 Å². The molecule has 0 bridgehead atoms. The first-order valence-corrected chi connectivity index (χ1v) is 6.90. The number of likely N-dealkylation sites (N-methyl/N-ethyl adjacent to an activating group) is 2. The zero-order valence-electron chi connectivity index (χ0n) is 12.9. The van der Waals surface area contributed by atoms with Gasteiger partial charge < -0.3 is 15.1 Å². The quantitative estimate of drug-likeness (QED) is 0.614. The van der Waals surface area contributed by atoms with Gasteiger partial charge in [0.1, 0.15) is 11.4 Å². The fourth-order valence-electron chi connectivity index (χ4n) is 2.20. The van der Waals surface area contributed by atoms with Gasteiger partial charge in [-0.1, -0.05) is 6.07 Å². The number of hydrogen-bond donors (Lipinski definition) is 1. The Labute approximate surface area is 124 Å². The summed E-state index contributed by atoms with van der Waals surface area (Å²) in [6.07, 6.45) is 0. The lowest BCUT2D eigenvalue weighted by molar-refractivity contribution is -0.383. The van der Waals surface area contributed by atoms with E-state index in [-0.39, 0.29) is 18.1 Å². The van der Waals surface area contributed by atoms with Crippen molar-refractivity contribution in [1.29, 1.82) is 0 Å². The number of carbonyl (C=O) groups excluding carboxylic acids is 1. The fourth-order valence-corrected chi connectivity index (χ4v) is 2.20. The maximum Gasteiger partial charge on any atom is 0.315 e. The van der Waals surface area contributed by atoms with Crippen LogP contribution < -0.4 is 10.2 Å². The Balaban J connectivity index is 3.05. The summed E-state index contributed by atoms with van der Waals surface area (Å²) in [5.74, 6) is -0.0494. The number of nitrogens with zero attached hydrogens (tertiary/aromatic N) is 3. The molecule has 7 heteroatoms. The van der Waals surface area contributed by atoms with Gasteiger partial charge in [-0.05, 0) is 26.0 Å². The minimum absolute atomic E-state index is 0.0187. The predicted octanol–water partition coefficient (Wildman–Crippen LogP) is 1.94. The first-order valence-electron chi connectivity index (χ1n) is 6.90. The lowest BCUT2D eigenvalue weighted by atomic mass is 10.2. The summed E-state index contributed by atoms with van der Waals surface area (Å²) >= 11 is 0. The molecule has 7 nitrogen and oxygen atoms in total. The topological polar surface area (TPSA) is 78.7 Å². The Morgan fingerprint density at radius 1 is 1.33 bits per heavy atom. The zero-order chi connectivity index (χ0) is 16.0. The highest BCUT2D eigenvalue weighted by molar-refractivity contribution is 5.84. The molecule has 0 aromatic heterocycles. The molecule has 1 rings (SSSR count). The van der Waals surface area contributed by atoms with E-state index in [2.05, 4.69) is 5.32 Å². The standard InChI is InChI=1S/C14H22N4O3/c1-5-17(6-2)13(19)10-16(4)12-9-7-8-11(15-3)14(12)18(20)21/h7-9,15H,5-6,10H2,1-4H3. The van der Waals surface area contributed by atoms with Crippen molar-refractivity contribution in [3.05, 3.63) is 28.3 Å². The third-order valence-corrected chi connectivity index (χ3v) is 3.37. The number of carbonyl (C=O) groups is 1. The van der Waals surface area contributed by atoms with Crippen molar-refractivity contribution in [1.82, 2.24) is 4.90 Å². The van der Waals surface area contributed by atoms with Crippen molar-refractivity contribution < 1.29 is 9.72 Å². The second-order valence-electron chi connectivity index (χ2n) is 4.60. The van der Waals surface area contributed by atoms with E-state index in [1.165, 1.54) is 0 Å². The Kier molecular flexibility index (Phi) is 5.95. The lowest BCUT2D eigenvalue weighted by Gasteiger charge is -2.24. The van der Waals surface area contributed by atoms with Gasteiger partial charge in [-0.3, -0.25) is 14.9 Å². The third-order valence-electron chi connectivity index (χ3n) is 3.37. The van der Waals surface area contributed by atoms with Gasteiger partial charge in [0.25, 0.3) is 0 Å². The SMILES string of the molecule is CCN(CC)C(=O)CN(C)c1cccc(NC)c1[N+](=O)[O-]. The molecule has 0 aliphatic rings. The Morgan fingerprint density at radius 2 is 1.95 bits per heavy atom. The van der Waals surface area contributed by atoms with E-state index >= 15 is 0 Å². The highest BCUT2D eigenvalue weighted by Crippen LogP contribution is 2.34. The second-order valence-corrected chi connectivity index (χ2v) is 4.60. The highest BCUT2D eigenvalue weighted by atomic mass is 16.6. The predicted molar refractivity (Wildman–Crippen MR) is 83.8 cm³/mol. The summed E-state index contributed by atoms with van der Waals surface area (Å²) in [6, 6.07) is 5.02. The van der Waals surface area contributed by atoms with Crippen LogP contribution >= 0.6 is 0 Å². The molecule has 0 saturated heterocycles. The molecule has 0 heterocycles.